The Balaban J connectivity index is 0.928. The molecule has 0 amide bonds. The number of benzene rings is 2. The maximum Gasteiger partial charge on any atom is 0.331 e. The highest BCUT2D eigenvalue weighted by molar-refractivity contribution is 5.85. The van der Waals surface area contributed by atoms with Crippen molar-refractivity contribution in [1.82, 2.24) is 0 Å². The Morgan fingerprint density at radius 2 is 1.45 bits per heavy atom. The second-order valence-electron chi connectivity index (χ2n) is 28.2. The van der Waals surface area contributed by atoms with Crippen molar-refractivity contribution < 1.29 is 34.4 Å². The van der Waals surface area contributed by atoms with Crippen LogP contribution in [0.2, 0.25) is 0 Å². The summed E-state index contributed by atoms with van der Waals surface area (Å²) < 4.78 is 12.0. The standard InChI is InChI=1S/C67H94O7/c1-48(17-16-20-50-18-8-5-9-19-50)23-35-65(71)40-37-59(3)44-55(74-49(2)68)58-60(4,32-27-56(69)67(58,65)66(59,72)36-24-51-41-57(70)73-45-51)52-25-33-62(34-26-52)42-54(64(47-62)39-38-61(46-64)28-14-15-29-61)43-63(30-12-7-13-31-63)53-21-10-6-11-22-53/h5-6,8-11,18-19,21-22,37,40-41,48,52,54-56,58,69,71-72H,7,12-17,20,23-36,38-39,42-47H2,1-4H3/t48-,52?,54-,55-,56-,58+,59+,60+,62?,64+,65+,66-,67+/m1/s1. The summed E-state index contributed by atoms with van der Waals surface area (Å²) in [4.78, 5) is 26.0. The van der Waals surface area contributed by atoms with Crippen molar-refractivity contribution in [1.29, 1.82) is 0 Å². The fourth-order valence-electron chi connectivity index (χ4n) is 20.8. The monoisotopic (exact) mass is 1010 g/mol. The SMILES string of the molecule is CC(=O)O[C@@H]1C[C@]2(C)C=C[C@@](O)(CC[C@H](C)CCCc3ccccc3)[C@@]3([C@H](O)CC[C@@](C)(C4CCC5(CC4)C[C@H](CC4(c6ccccc6)CCCCC4)[C@]4(CCC6(CCCC6)C4)C5)[C@H]13)[C@@]2(O)CCC1=CC(=O)OC1. The number of carbonyl (C=O) groups is 2. The number of aryl methyl sites for hydroxylation is 1. The van der Waals surface area contributed by atoms with Gasteiger partial charge in [-0.05, 0) is 209 Å². The first-order chi connectivity index (χ1) is 35.4. The third-order valence-electron chi connectivity index (χ3n) is 24.3. The highest BCUT2D eigenvalue weighted by Gasteiger charge is 2.82. The van der Waals surface area contributed by atoms with E-state index in [2.05, 4.69) is 81.4 Å². The van der Waals surface area contributed by atoms with E-state index in [1.54, 1.807) is 11.6 Å². The quantitative estimate of drug-likeness (QED) is 0.120. The molecule has 4 spiro atoms. The molecule has 0 saturated heterocycles. The first-order valence-electron chi connectivity index (χ1n) is 30.4. The predicted octanol–water partition coefficient (Wildman–Crippen LogP) is 14.4. The van der Waals surface area contributed by atoms with E-state index in [0.717, 1.165) is 56.4 Å². The molecule has 11 rings (SSSR count). The lowest BCUT2D eigenvalue weighted by molar-refractivity contribution is -0.362. The molecule has 7 fully saturated rings. The van der Waals surface area contributed by atoms with E-state index in [4.69, 9.17) is 9.47 Å². The minimum Gasteiger partial charge on any atom is -0.462 e. The van der Waals surface area contributed by atoms with E-state index in [0.29, 0.717) is 47.8 Å². The highest BCUT2D eigenvalue weighted by atomic mass is 16.5. The second kappa shape index (κ2) is 19.9. The Labute approximate surface area is 445 Å². The summed E-state index contributed by atoms with van der Waals surface area (Å²) in [5.41, 5.74) is -0.712. The Hall–Kier alpha value is -3.26. The Bertz CT molecular complexity index is 2390. The molecule has 2 aromatic rings. The first-order valence-corrected chi connectivity index (χ1v) is 30.4. The van der Waals surface area contributed by atoms with Crippen LogP contribution >= 0.6 is 0 Å². The van der Waals surface area contributed by atoms with Crippen LogP contribution in [0.5, 0.6) is 0 Å². The summed E-state index contributed by atoms with van der Waals surface area (Å²) in [5.74, 6) is 0.103. The lowest BCUT2D eigenvalue weighted by Gasteiger charge is -2.76. The van der Waals surface area contributed by atoms with E-state index in [1.807, 2.05) is 12.2 Å². The van der Waals surface area contributed by atoms with E-state index in [-0.39, 0.29) is 36.3 Å². The van der Waals surface area contributed by atoms with Gasteiger partial charge in [-0.15, -0.1) is 0 Å². The average Bonchev–Trinajstić information content (AvgIpc) is 4.26. The molecule has 1 aliphatic heterocycles. The summed E-state index contributed by atoms with van der Waals surface area (Å²) in [6.07, 6.45) is 35.6. The zero-order chi connectivity index (χ0) is 51.7. The van der Waals surface area contributed by atoms with Crippen LogP contribution in [0.1, 0.15) is 219 Å². The third-order valence-corrected chi connectivity index (χ3v) is 24.3. The van der Waals surface area contributed by atoms with Crippen molar-refractivity contribution >= 4 is 11.9 Å². The number of esters is 2. The fourth-order valence-corrected chi connectivity index (χ4v) is 20.8. The molecule has 74 heavy (non-hydrogen) atoms. The number of aliphatic hydroxyl groups excluding tert-OH is 1. The van der Waals surface area contributed by atoms with Crippen LogP contribution in [-0.2, 0) is 30.9 Å². The van der Waals surface area contributed by atoms with Gasteiger partial charge >= 0.3 is 11.9 Å². The van der Waals surface area contributed by atoms with Crippen LogP contribution in [0.3, 0.4) is 0 Å². The zero-order valence-electron chi connectivity index (χ0n) is 46.2. The van der Waals surface area contributed by atoms with Crippen LogP contribution in [0, 0.1) is 56.2 Å². The topological polar surface area (TPSA) is 113 Å². The maximum atomic E-state index is 14.3. The van der Waals surface area contributed by atoms with Crippen molar-refractivity contribution in [3.63, 3.8) is 0 Å². The molecule has 0 unspecified atom stereocenters. The molecule has 7 saturated carbocycles. The minimum absolute atomic E-state index is 0.194. The van der Waals surface area contributed by atoms with Gasteiger partial charge in [0.05, 0.1) is 22.7 Å². The largest absolute Gasteiger partial charge is 0.462 e. The normalized spacial score (nSPS) is 41.3. The number of ether oxygens (including phenoxy) is 2. The molecule has 7 nitrogen and oxygen atoms in total. The summed E-state index contributed by atoms with van der Waals surface area (Å²) in [6.45, 7) is 8.48. The van der Waals surface area contributed by atoms with Gasteiger partial charge in [0.25, 0.3) is 0 Å². The van der Waals surface area contributed by atoms with Crippen LogP contribution in [0.4, 0.5) is 0 Å². The number of hydrogen-bond acceptors (Lipinski definition) is 7. The highest BCUT2D eigenvalue weighted by Crippen LogP contribution is 2.77. The van der Waals surface area contributed by atoms with Gasteiger partial charge in [0, 0.05) is 24.3 Å². The van der Waals surface area contributed by atoms with Crippen LogP contribution in [0.25, 0.3) is 0 Å². The van der Waals surface area contributed by atoms with Crippen molar-refractivity contribution in [2.75, 3.05) is 6.61 Å². The third kappa shape index (κ3) is 8.85. The van der Waals surface area contributed by atoms with E-state index in [1.165, 1.54) is 122 Å². The second-order valence-corrected chi connectivity index (χ2v) is 28.2. The van der Waals surface area contributed by atoms with E-state index < -0.39 is 45.6 Å². The molecule has 8 aliphatic carbocycles. The van der Waals surface area contributed by atoms with Gasteiger partial charge in [-0.2, -0.15) is 0 Å². The number of cyclic esters (lactones) is 1. The van der Waals surface area contributed by atoms with Gasteiger partial charge < -0.3 is 24.8 Å². The van der Waals surface area contributed by atoms with Crippen molar-refractivity contribution in [3.8, 4) is 0 Å². The molecule has 404 valence electrons. The average molecular weight is 1010 g/mol. The zero-order valence-corrected chi connectivity index (χ0v) is 46.2. The van der Waals surface area contributed by atoms with Gasteiger partial charge in [-0.1, -0.05) is 132 Å². The van der Waals surface area contributed by atoms with Crippen LogP contribution in [-0.4, -0.2) is 57.3 Å². The molecule has 2 aromatic carbocycles. The van der Waals surface area contributed by atoms with Gasteiger partial charge in [-0.3, -0.25) is 4.79 Å². The summed E-state index contributed by atoms with van der Waals surface area (Å²) in [5, 5.41) is 41.7. The lowest BCUT2D eigenvalue weighted by atomic mass is 9.31. The van der Waals surface area contributed by atoms with Gasteiger partial charge in [0.15, 0.2) is 0 Å². The Kier molecular flexibility index (Phi) is 14.2. The maximum absolute atomic E-state index is 14.3. The molecule has 1 heterocycles. The van der Waals surface area contributed by atoms with Gasteiger partial charge in [-0.25, -0.2) is 4.79 Å². The molecule has 2 bridgehead atoms. The molecule has 3 N–H and O–H groups in total. The summed E-state index contributed by atoms with van der Waals surface area (Å²) in [6, 6.07) is 22.4. The van der Waals surface area contributed by atoms with E-state index >= 15 is 0 Å². The summed E-state index contributed by atoms with van der Waals surface area (Å²) >= 11 is 0. The molecular formula is C67H94O7. The van der Waals surface area contributed by atoms with Gasteiger partial charge in [0.2, 0.25) is 0 Å². The van der Waals surface area contributed by atoms with Crippen molar-refractivity contribution in [3.05, 3.63) is 95.6 Å². The smallest absolute Gasteiger partial charge is 0.331 e. The summed E-state index contributed by atoms with van der Waals surface area (Å²) in [7, 11) is 0. The Morgan fingerprint density at radius 1 is 0.757 bits per heavy atom. The number of fused-ring (bicyclic) bond motifs is 1. The van der Waals surface area contributed by atoms with Crippen LogP contribution in [0.15, 0.2) is 84.5 Å². The molecular weight excluding hydrogens is 917 g/mol. The minimum atomic E-state index is -1.59. The van der Waals surface area contributed by atoms with Crippen molar-refractivity contribution in [2.45, 2.75) is 243 Å². The van der Waals surface area contributed by atoms with Gasteiger partial charge in [0.1, 0.15) is 12.7 Å². The molecule has 11 atom stereocenters. The molecule has 0 radical (unpaired) electrons. The Morgan fingerprint density at radius 3 is 2.14 bits per heavy atom. The van der Waals surface area contributed by atoms with Crippen molar-refractivity contribution in [2.24, 2.45) is 56.2 Å². The number of rotatable bonds is 15. The number of carbonyl (C=O) groups excluding carboxylic acids is 2. The number of aliphatic hydroxyl groups is 3. The molecule has 9 aliphatic rings. The lowest BCUT2D eigenvalue weighted by Crippen LogP contribution is -2.83. The van der Waals surface area contributed by atoms with E-state index in [9.17, 15) is 24.9 Å². The number of hydrogen-bond donors (Lipinski definition) is 3. The molecule has 7 heteroatoms. The fraction of sp³-hybridized carbons (Fsp3) is 0.731. The van der Waals surface area contributed by atoms with Crippen LogP contribution < -0.4 is 0 Å². The first kappa shape index (κ1) is 52.8. The molecule has 0 aromatic heterocycles. The predicted molar refractivity (Wildman–Crippen MR) is 293 cm³/mol.